The molecule has 1 aromatic rings. The smallest absolute Gasteiger partial charge is 0.321 e. The van der Waals surface area contributed by atoms with Crippen molar-refractivity contribution in [3.05, 3.63) is 29.8 Å². The Hall–Kier alpha value is -2.08. The first kappa shape index (κ1) is 15.0. The maximum Gasteiger partial charge on any atom is 0.321 e. The van der Waals surface area contributed by atoms with Crippen LogP contribution in [0.4, 0.5) is 0 Å². The summed E-state index contributed by atoms with van der Waals surface area (Å²) < 4.78 is 5.19. The summed E-state index contributed by atoms with van der Waals surface area (Å²) >= 11 is 0. The fourth-order valence-electron chi connectivity index (χ4n) is 1.61. The van der Waals surface area contributed by atoms with Gasteiger partial charge in [0.25, 0.3) is 0 Å². The number of para-hydroxylation sites is 1. The van der Waals surface area contributed by atoms with Gasteiger partial charge in [-0.3, -0.25) is 9.59 Å². The maximum atomic E-state index is 11.8. The fourth-order valence-corrected chi connectivity index (χ4v) is 1.61. The molecule has 6 nitrogen and oxygen atoms in total. The SMILES string of the molecule is COc1ccccc1CN(C)C(=O)CC(N)C(=O)O. The van der Waals surface area contributed by atoms with Gasteiger partial charge < -0.3 is 20.5 Å². The first-order valence-electron chi connectivity index (χ1n) is 5.80. The van der Waals surface area contributed by atoms with Crippen molar-refractivity contribution in [3.8, 4) is 5.75 Å². The predicted octanol–water partition coefficient (Wildman–Crippen LogP) is 0.456. The minimum absolute atomic E-state index is 0.221. The van der Waals surface area contributed by atoms with Gasteiger partial charge in [0.1, 0.15) is 11.8 Å². The molecule has 1 aromatic carbocycles. The molecule has 0 spiro atoms. The van der Waals surface area contributed by atoms with E-state index in [2.05, 4.69) is 0 Å². The number of hydrogen-bond acceptors (Lipinski definition) is 4. The Morgan fingerprint density at radius 3 is 2.63 bits per heavy atom. The third-order valence-corrected chi connectivity index (χ3v) is 2.74. The lowest BCUT2D eigenvalue weighted by Gasteiger charge is -2.19. The largest absolute Gasteiger partial charge is 0.496 e. The molecule has 0 saturated carbocycles. The Bertz CT molecular complexity index is 462. The molecule has 1 amide bonds. The molecule has 6 heteroatoms. The fraction of sp³-hybridized carbons (Fsp3) is 0.385. The van der Waals surface area contributed by atoms with Crippen LogP contribution in [0.3, 0.4) is 0 Å². The molecule has 1 rings (SSSR count). The summed E-state index contributed by atoms with van der Waals surface area (Å²) in [4.78, 5) is 23.8. The van der Waals surface area contributed by atoms with Crippen molar-refractivity contribution < 1.29 is 19.4 Å². The topological polar surface area (TPSA) is 92.9 Å². The number of methoxy groups -OCH3 is 1. The molecule has 0 bridgehead atoms. The van der Waals surface area contributed by atoms with Gasteiger partial charge in [-0.25, -0.2) is 0 Å². The summed E-state index contributed by atoms with van der Waals surface area (Å²) in [7, 11) is 3.16. The lowest BCUT2D eigenvalue weighted by Crippen LogP contribution is -2.37. The highest BCUT2D eigenvalue weighted by Gasteiger charge is 2.19. The summed E-state index contributed by atoms with van der Waals surface area (Å²) in [5.41, 5.74) is 6.18. The molecule has 3 N–H and O–H groups in total. The Morgan fingerprint density at radius 2 is 2.05 bits per heavy atom. The molecule has 1 atom stereocenters. The normalized spacial score (nSPS) is 11.7. The number of nitrogens with two attached hydrogens (primary N) is 1. The summed E-state index contributed by atoms with van der Waals surface area (Å²) in [6.45, 7) is 0.342. The second-order valence-electron chi connectivity index (χ2n) is 4.21. The number of rotatable bonds is 6. The van der Waals surface area contributed by atoms with Gasteiger partial charge in [0, 0.05) is 19.2 Å². The molecule has 0 saturated heterocycles. The van der Waals surface area contributed by atoms with Crippen LogP contribution >= 0.6 is 0 Å². The van der Waals surface area contributed by atoms with Gasteiger partial charge >= 0.3 is 5.97 Å². The van der Waals surface area contributed by atoms with E-state index in [0.717, 1.165) is 5.56 Å². The van der Waals surface area contributed by atoms with Crippen molar-refractivity contribution in [2.24, 2.45) is 5.73 Å². The van der Waals surface area contributed by atoms with Gasteiger partial charge in [-0.1, -0.05) is 18.2 Å². The zero-order valence-electron chi connectivity index (χ0n) is 11.0. The van der Waals surface area contributed by atoms with Crippen LogP contribution < -0.4 is 10.5 Å². The predicted molar refractivity (Wildman–Crippen MR) is 69.7 cm³/mol. The van der Waals surface area contributed by atoms with Crippen LogP contribution in [-0.2, 0) is 16.1 Å². The summed E-state index contributed by atoms with van der Waals surface area (Å²) in [5.74, 6) is -0.815. The van der Waals surface area contributed by atoms with Gasteiger partial charge in [-0.05, 0) is 6.07 Å². The number of nitrogens with zero attached hydrogens (tertiary/aromatic N) is 1. The van der Waals surface area contributed by atoms with Crippen LogP contribution in [0.25, 0.3) is 0 Å². The van der Waals surface area contributed by atoms with Gasteiger partial charge in [0.15, 0.2) is 0 Å². The number of benzene rings is 1. The molecule has 0 aliphatic carbocycles. The number of ether oxygens (including phenoxy) is 1. The molecule has 104 valence electrons. The third-order valence-electron chi connectivity index (χ3n) is 2.74. The average Bonchev–Trinajstić information content (AvgIpc) is 2.38. The van der Waals surface area contributed by atoms with Crippen molar-refractivity contribution in [2.45, 2.75) is 19.0 Å². The van der Waals surface area contributed by atoms with Crippen LogP contribution in [-0.4, -0.2) is 42.1 Å². The molecule has 19 heavy (non-hydrogen) atoms. The molecule has 0 radical (unpaired) electrons. The van der Waals surface area contributed by atoms with Crippen molar-refractivity contribution in [1.82, 2.24) is 4.90 Å². The molecule has 0 aromatic heterocycles. The molecule has 0 heterocycles. The van der Waals surface area contributed by atoms with Crippen LogP contribution in [0.1, 0.15) is 12.0 Å². The summed E-state index contributed by atoms with van der Waals surface area (Å²) in [5, 5.41) is 8.67. The Labute approximate surface area is 111 Å². The quantitative estimate of drug-likeness (QED) is 0.780. The van der Waals surface area contributed by atoms with Gasteiger partial charge in [-0.15, -0.1) is 0 Å². The highest BCUT2D eigenvalue weighted by Crippen LogP contribution is 2.18. The van der Waals surface area contributed by atoms with Gasteiger partial charge in [0.2, 0.25) is 5.91 Å². The van der Waals surface area contributed by atoms with E-state index in [-0.39, 0.29) is 12.3 Å². The monoisotopic (exact) mass is 266 g/mol. The number of aliphatic carboxylic acids is 1. The molecular weight excluding hydrogens is 248 g/mol. The minimum atomic E-state index is -1.18. The Kier molecular flexibility index (Phi) is 5.32. The summed E-state index contributed by atoms with van der Waals surface area (Å²) in [6.07, 6.45) is -0.221. The molecule has 0 aliphatic heterocycles. The van der Waals surface area contributed by atoms with E-state index in [4.69, 9.17) is 15.6 Å². The minimum Gasteiger partial charge on any atom is -0.496 e. The highest BCUT2D eigenvalue weighted by atomic mass is 16.5. The highest BCUT2D eigenvalue weighted by molar-refractivity contribution is 5.84. The first-order valence-corrected chi connectivity index (χ1v) is 5.80. The maximum absolute atomic E-state index is 11.8. The van der Waals surface area contributed by atoms with Gasteiger partial charge in [0.05, 0.1) is 13.5 Å². The molecular formula is C13H18N2O4. The molecule has 0 fully saturated rings. The first-order chi connectivity index (χ1) is 8.95. The molecule has 1 unspecified atom stereocenters. The number of carboxylic acid groups (broad SMARTS) is 1. The second-order valence-corrected chi connectivity index (χ2v) is 4.21. The number of hydrogen-bond donors (Lipinski definition) is 2. The second kappa shape index (κ2) is 6.75. The number of amides is 1. The Morgan fingerprint density at radius 1 is 1.42 bits per heavy atom. The van der Waals surface area contributed by atoms with Crippen LogP contribution in [0, 0.1) is 0 Å². The zero-order chi connectivity index (χ0) is 14.4. The van der Waals surface area contributed by atoms with Crippen LogP contribution in [0.5, 0.6) is 5.75 Å². The van der Waals surface area contributed by atoms with E-state index in [1.54, 1.807) is 20.2 Å². The number of carbonyl (C=O) groups excluding carboxylic acids is 1. The van der Waals surface area contributed by atoms with E-state index in [1.807, 2.05) is 18.2 Å². The summed E-state index contributed by atoms with van der Waals surface area (Å²) in [6, 6.07) is 6.16. The van der Waals surface area contributed by atoms with Crippen LogP contribution in [0.2, 0.25) is 0 Å². The van der Waals surface area contributed by atoms with E-state index in [1.165, 1.54) is 4.90 Å². The lowest BCUT2D eigenvalue weighted by atomic mass is 10.1. The average molecular weight is 266 g/mol. The number of carbonyl (C=O) groups is 2. The molecule has 0 aliphatic rings. The lowest BCUT2D eigenvalue weighted by molar-refractivity contribution is -0.142. The van der Waals surface area contributed by atoms with E-state index >= 15 is 0 Å². The van der Waals surface area contributed by atoms with Crippen molar-refractivity contribution >= 4 is 11.9 Å². The van der Waals surface area contributed by atoms with Gasteiger partial charge in [-0.2, -0.15) is 0 Å². The van der Waals surface area contributed by atoms with Crippen molar-refractivity contribution in [2.75, 3.05) is 14.2 Å². The Balaban J connectivity index is 2.66. The van der Waals surface area contributed by atoms with Crippen LogP contribution in [0.15, 0.2) is 24.3 Å². The standard InChI is InChI=1S/C13H18N2O4/c1-15(12(16)7-10(14)13(17)18)8-9-5-3-4-6-11(9)19-2/h3-6,10H,7-8,14H2,1-2H3,(H,17,18). The zero-order valence-corrected chi connectivity index (χ0v) is 11.0. The van der Waals surface area contributed by atoms with Crippen molar-refractivity contribution in [1.29, 1.82) is 0 Å². The van der Waals surface area contributed by atoms with E-state index < -0.39 is 12.0 Å². The van der Waals surface area contributed by atoms with E-state index in [9.17, 15) is 9.59 Å². The number of carboxylic acids is 1. The van der Waals surface area contributed by atoms with Crippen molar-refractivity contribution in [3.63, 3.8) is 0 Å². The van der Waals surface area contributed by atoms with E-state index in [0.29, 0.717) is 12.3 Å². The third kappa shape index (κ3) is 4.26.